The molecule has 1 aromatic heterocycles. The predicted octanol–water partition coefficient (Wildman–Crippen LogP) is 2.03. The number of anilines is 1. The molecule has 0 spiro atoms. The first-order valence-corrected chi connectivity index (χ1v) is 5.57. The summed E-state index contributed by atoms with van der Waals surface area (Å²) in [6, 6.07) is 0. The van der Waals surface area contributed by atoms with E-state index in [1.54, 1.807) is 18.0 Å². The molecule has 0 fully saturated rings. The van der Waals surface area contributed by atoms with E-state index >= 15 is 0 Å². The Morgan fingerprint density at radius 3 is 2.93 bits per heavy atom. The molecule has 82 valence electrons. The van der Waals surface area contributed by atoms with Gasteiger partial charge in [0.2, 0.25) is 0 Å². The van der Waals surface area contributed by atoms with Gasteiger partial charge >= 0.3 is 5.97 Å². The number of carboxylic acid groups (broad SMARTS) is 1. The average molecular weight is 226 g/mol. The fraction of sp³-hybridized carbons (Fsp3) is 0.500. The van der Waals surface area contributed by atoms with Gasteiger partial charge in [0.05, 0.1) is 10.6 Å². The van der Waals surface area contributed by atoms with E-state index in [1.807, 2.05) is 7.05 Å². The standard InChI is InChI=1S/C10H14N2O2S/c1-10(2)5-12(3)6-4-11-7(9(13)14)8(6)15-10/h4,11H,5H2,1-3H3,(H,13,14). The lowest BCUT2D eigenvalue weighted by atomic mass is 10.2. The molecule has 1 aliphatic heterocycles. The molecule has 0 amide bonds. The summed E-state index contributed by atoms with van der Waals surface area (Å²) in [5.74, 6) is -0.894. The predicted molar refractivity (Wildman–Crippen MR) is 61.0 cm³/mol. The van der Waals surface area contributed by atoms with Gasteiger partial charge < -0.3 is 15.0 Å². The van der Waals surface area contributed by atoms with Crippen LogP contribution in [0.15, 0.2) is 11.1 Å². The monoisotopic (exact) mass is 226 g/mol. The molecule has 4 nitrogen and oxygen atoms in total. The fourth-order valence-electron chi connectivity index (χ4n) is 1.91. The number of aromatic amines is 1. The smallest absolute Gasteiger partial charge is 0.353 e. The molecule has 2 rings (SSSR count). The number of hydrogen-bond acceptors (Lipinski definition) is 3. The van der Waals surface area contributed by atoms with Crippen molar-refractivity contribution in [2.75, 3.05) is 18.5 Å². The van der Waals surface area contributed by atoms with E-state index in [4.69, 9.17) is 5.11 Å². The molecular formula is C10H14N2O2S. The van der Waals surface area contributed by atoms with E-state index in [0.717, 1.165) is 17.1 Å². The van der Waals surface area contributed by atoms with Gasteiger partial charge in [-0.2, -0.15) is 0 Å². The normalized spacial score (nSPS) is 18.7. The number of hydrogen-bond donors (Lipinski definition) is 2. The number of rotatable bonds is 1. The second-order valence-electron chi connectivity index (χ2n) is 4.40. The van der Waals surface area contributed by atoms with Crippen molar-refractivity contribution in [3.8, 4) is 0 Å². The Balaban J connectivity index is 2.49. The maximum Gasteiger partial charge on any atom is 0.353 e. The third-order valence-corrected chi connectivity index (χ3v) is 3.73. The number of thioether (sulfide) groups is 1. The Morgan fingerprint density at radius 2 is 2.33 bits per heavy atom. The van der Waals surface area contributed by atoms with Gasteiger partial charge in [0, 0.05) is 24.5 Å². The summed E-state index contributed by atoms with van der Waals surface area (Å²) in [6.07, 6.45) is 1.76. The molecule has 0 bridgehead atoms. The second kappa shape index (κ2) is 3.20. The van der Waals surface area contributed by atoms with Crippen LogP contribution in [0.1, 0.15) is 24.3 Å². The van der Waals surface area contributed by atoms with Crippen LogP contribution in [0.25, 0.3) is 0 Å². The minimum atomic E-state index is -0.894. The van der Waals surface area contributed by atoms with Gasteiger partial charge in [0.25, 0.3) is 0 Å². The van der Waals surface area contributed by atoms with Crippen molar-refractivity contribution in [3.05, 3.63) is 11.9 Å². The fourth-order valence-corrected chi connectivity index (χ4v) is 3.29. The zero-order valence-corrected chi connectivity index (χ0v) is 9.81. The first kappa shape index (κ1) is 10.4. The molecule has 0 radical (unpaired) electrons. The second-order valence-corrected chi connectivity index (χ2v) is 6.12. The number of nitrogens with one attached hydrogen (secondary N) is 1. The van der Waals surface area contributed by atoms with E-state index in [9.17, 15) is 4.79 Å². The summed E-state index contributed by atoms with van der Waals surface area (Å²) in [7, 11) is 1.99. The zero-order valence-electron chi connectivity index (χ0n) is 9.00. The van der Waals surface area contributed by atoms with E-state index in [1.165, 1.54) is 0 Å². The Hall–Kier alpha value is -1.10. The molecule has 0 saturated carbocycles. The molecule has 0 unspecified atom stereocenters. The Bertz CT molecular complexity index is 412. The van der Waals surface area contributed by atoms with Crippen molar-refractivity contribution in [2.24, 2.45) is 0 Å². The van der Waals surface area contributed by atoms with Crippen molar-refractivity contribution in [1.29, 1.82) is 0 Å². The van der Waals surface area contributed by atoms with E-state index in [-0.39, 0.29) is 4.75 Å². The number of carboxylic acids is 1. The highest BCUT2D eigenvalue weighted by Gasteiger charge is 2.33. The van der Waals surface area contributed by atoms with Gasteiger partial charge in [-0.25, -0.2) is 4.79 Å². The minimum absolute atomic E-state index is 0.0497. The molecule has 0 aromatic carbocycles. The highest BCUT2D eigenvalue weighted by atomic mass is 32.2. The first-order chi connectivity index (χ1) is 6.91. The summed E-state index contributed by atoms with van der Waals surface area (Å²) in [5.41, 5.74) is 1.28. The Kier molecular flexibility index (Phi) is 2.22. The molecule has 15 heavy (non-hydrogen) atoms. The number of H-pyrrole nitrogens is 1. The summed E-state index contributed by atoms with van der Waals surface area (Å²) < 4.78 is 0.0497. The van der Waals surface area contributed by atoms with E-state index in [2.05, 4.69) is 23.7 Å². The minimum Gasteiger partial charge on any atom is -0.477 e. The summed E-state index contributed by atoms with van der Waals surface area (Å²) >= 11 is 1.63. The van der Waals surface area contributed by atoms with Crippen LogP contribution in [0.3, 0.4) is 0 Å². The van der Waals surface area contributed by atoms with E-state index < -0.39 is 5.97 Å². The maximum atomic E-state index is 11.0. The van der Waals surface area contributed by atoms with Crippen LogP contribution >= 0.6 is 11.8 Å². The number of fused-ring (bicyclic) bond motifs is 1. The van der Waals surface area contributed by atoms with E-state index in [0.29, 0.717) is 5.69 Å². The molecule has 1 aliphatic rings. The number of nitrogens with zero attached hydrogens (tertiary/aromatic N) is 1. The highest BCUT2D eigenvalue weighted by molar-refractivity contribution is 8.01. The number of aromatic nitrogens is 1. The molecule has 0 aliphatic carbocycles. The number of carbonyl (C=O) groups is 1. The van der Waals surface area contributed by atoms with Crippen LogP contribution in [0.4, 0.5) is 5.69 Å². The molecule has 2 N–H and O–H groups in total. The lowest BCUT2D eigenvalue weighted by molar-refractivity contribution is 0.0687. The number of aromatic carboxylic acids is 1. The SMILES string of the molecule is CN1CC(C)(C)Sc2c1c[nH]c2C(=O)O. The van der Waals surface area contributed by atoms with Crippen LogP contribution in [0, 0.1) is 0 Å². The van der Waals surface area contributed by atoms with Crippen LogP contribution in [-0.4, -0.2) is 34.4 Å². The summed E-state index contributed by atoms with van der Waals surface area (Å²) in [4.78, 5) is 16.8. The lowest BCUT2D eigenvalue weighted by Crippen LogP contribution is -2.37. The van der Waals surface area contributed by atoms with Crippen molar-refractivity contribution in [3.63, 3.8) is 0 Å². The molecule has 1 aromatic rings. The summed E-state index contributed by atoms with van der Waals surface area (Å²) in [6.45, 7) is 5.16. The van der Waals surface area contributed by atoms with Gasteiger partial charge in [-0.3, -0.25) is 0 Å². The van der Waals surface area contributed by atoms with Crippen molar-refractivity contribution in [1.82, 2.24) is 4.98 Å². The topological polar surface area (TPSA) is 56.3 Å². The maximum absolute atomic E-state index is 11.0. The van der Waals surface area contributed by atoms with Gasteiger partial charge in [-0.15, -0.1) is 11.8 Å². The average Bonchev–Trinajstić information content (AvgIpc) is 2.45. The van der Waals surface area contributed by atoms with Crippen molar-refractivity contribution < 1.29 is 9.90 Å². The Labute approximate surface area is 92.7 Å². The largest absolute Gasteiger partial charge is 0.477 e. The van der Waals surface area contributed by atoms with Gasteiger partial charge in [-0.05, 0) is 13.8 Å². The van der Waals surface area contributed by atoms with Crippen molar-refractivity contribution in [2.45, 2.75) is 23.5 Å². The molecule has 5 heteroatoms. The van der Waals surface area contributed by atoms with Crippen LogP contribution in [0.5, 0.6) is 0 Å². The molecule has 0 saturated heterocycles. The van der Waals surface area contributed by atoms with Gasteiger partial charge in [0.1, 0.15) is 5.69 Å². The third-order valence-electron chi connectivity index (χ3n) is 2.43. The third kappa shape index (κ3) is 1.71. The molecule has 0 atom stereocenters. The lowest BCUT2D eigenvalue weighted by Gasteiger charge is -2.36. The van der Waals surface area contributed by atoms with Crippen molar-refractivity contribution >= 4 is 23.4 Å². The Morgan fingerprint density at radius 1 is 1.67 bits per heavy atom. The van der Waals surface area contributed by atoms with Crippen LogP contribution in [-0.2, 0) is 0 Å². The highest BCUT2D eigenvalue weighted by Crippen LogP contribution is 2.45. The van der Waals surface area contributed by atoms with Gasteiger partial charge in [-0.1, -0.05) is 0 Å². The van der Waals surface area contributed by atoms with Gasteiger partial charge in [0.15, 0.2) is 0 Å². The first-order valence-electron chi connectivity index (χ1n) is 4.75. The zero-order chi connectivity index (χ0) is 11.2. The molecule has 2 heterocycles. The quantitative estimate of drug-likeness (QED) is 0.769. The molecular weight excluding hydrogens is 212 g/mol. The van der Waals surface area contributed by atoms with Crippen LogP contribution in [0.2, 0.25) is 0 Å². The van der Waals surface area contributed by atoms with Crippen LogP contribution < -0.4 is 4.90 Å². The summed E-state index contributed by atoms with van der Waals surface area (Å²) in [5, 5.41) is 9.02.